The van der Waals surface area contributed by atoms with E-state index in [1.54, 1.807) is 6.07 Å². The monoisotopic (exact) mass is 255 g/mol. The lowest BCUT2D eigenvalue weighted by Gasteiger charge is -2.23. The fraction of sp³-hybridized carbons (Fsp3) is 0.600. The van der Waals surface area contributed by atoms with Crippen LogP contribution >= 0.6 is 0 Å². The third-order valence-electron chi connectivity index (χ3n) is 2.80. The van der Waals surface area contributed by atoms with Gasteiger partial charge in [0, 0.05) is 17.8 Å². The van der Waals surface area contributed by atoms with Crippen molar-refractivity contribution in [2.45, 2.75) is 46.6 Å². The molecule has 1 aromatic rings. The summed E-state index contributed by atoms with van der Waals surface area (Å²) in [5, 5.41) is 3.30. The molecule has 1 nitrogen and oxygen atoms in total. The number of nitrogens with one attached hydrogen (secondary N) is 1. The van der Waals surface area contributed by atoms with Gasteiger partial charge in [0.25, 0.3) is 0 Å². The molecule has 0 amide bonds. The van der Waals surface area contributed by atoms with Crippen molar-refractivity contribution >= 4 is 5.69 Å². The van der Waals surface area contributed by atoms with Crippen molar-refractivity contribution in [1.82, 2.24) is 0 Å². The fourth-order valence-electron chi connectivity index (χ4n) is 2.17. The van der Waals surface area contributed by atoms with Crippen molar-refractivity contribution in [2.24, 2.45) is 11.8 Å². The number of rotatable bonds is 6. The molecule has 0 aliphatic carbocycles. The molecule has 1 rings (SSSR count). The molecule has 18 heavy (non-hydrogen) atoms. The predicted molar refractivity (Wildman–Crippen MR) is 72.7 cm³/mol. The van der Waals surface area contributed by atoms with Gasteiger partial charge in [0.05, 0.1) is 0 Å². The Kier molecular flexibility index (Phi) is 5.57. The Balaban J connectivity index is 2.71. The predicted octanol–water partition coefficient (Wildman–Crippen LogP) is 4.84. The normalized spacial score (nSPS) is 11.6. The molecule has 0 atom stereocenters. The first-order chi connectivity index (χ1) is 8.38. The largest absolute Gasteiger partial charge is 0.382 e. The van der Waals surface area contributed by atoms with E-state index in [1.807, 2.05) is 0 Å². The molecule has 102 valence electrons. The molecule has 1 N–H and O–H groups in total. The van der Waals surface area contributed by atoms with E-state index in [-0.39, 0.29) is 0 Å². The first-order valence-corrected chi connectivity index (χ1v) is 6.60. The van der Waals surface area contributed by atoms with E-state index in [2.05, 4.69) is 33.0 Å². The van der Waals surface area contributed by atoms with Gasteiger partial charge < -0.3 is 5.32 Å². The van der Waals surface area contributed by atoms with Crippen molar-refractivity contribution in [3.63, 3.8) is 0 Å². The molecule has 0 fully saturated rings. The van der Waals surface area contributed by atoms with Gasteiger partial charge >= 0.3 is 0 Å². The third-order valence-corrected chi connectivity index (χ3v) is 2.80. The second-order valence-corrected chi connectivity index (χ2v) is 5.73. The van der Waals surface area contributed by atoms with Gasteiger partial charge in [-0.3, -0.25) is 0 Å². The molecule has 0 bridgehead atoms. The van der Waals surface area contributed by atoms with Crippen LogP contribution in [0.1, 0.15) is 40.5 Å². The molecule has 0 radical (unpaired) electrons. The van der Waals surface area contributed by atoms with E-state index in [0.717, 1.165) is 12.8 Å². The molecule has 0 unspecified atom stereocenters. The zero-order chi connectivity index (χ0) is 13.7. The summed E-state index contributed by atoms with van der Waals surface area (Å²) in [5.41, 5.74) is 0.653. The summed E-state index contributed by atoms with van der Waals surface area (Å²) in [6.07, 6.45) is 2.05. The van der Waals surface area contributed by atoms with Crippen LogP contribution in [0.5, 0.6) is 0 Å². The maximum Gasteiger partial charge on any atom is 0.160 e. The average molecular weight is 255 g/mol. The summed E-state index contributed by atoms with van der Waals surface area (Å²) >= 11 is 0. The van der Waals surface area contributed by atoms with Crippen LogP contribution in [0.2, 0.25) is 0 Å². The summed E-state index contributed by atoms with van der Waals surface area (Å²) in [6, 6.07) is 4.28. The highest BCUT2D eigenvalue weighted by Gasteiger charge is 2.13. The summed E-state index contributed by atoms with van der Waals surface area (Å²) in [5.74, 6) is -0.448. The minimum absolute atomic E-state index is 0.301. The number of anilines is 1. The average Bonchev–Trinajstić information content (AvgIpc) is 2.21. The van der Waals surface area contributed by atoms with Crippen LogP contribution in [0.4, 0.5) is 14.5 Å². The number of halogens is 2. The quantitative estimate of drug-likeness (QED) is 0.767. The van der Waals surface area contributed by atoms with E-state index in [1.165, 1.54) is 12.1 Å². The number of benzene rings is 1. The second-order valence-electron chi connectivity index (χ2n) is 5.73. The highest BCUT2D eigenvalue weighted by atomic mass is 19.2. The number of hydrogen-bond acceptors (Lipinski definition) is 1. The zero-order valence-electron chi connectivity index (χ0n) is 11.6. The van der Waals surface area contributed by atoms with Crippen molar-refractivity contribution < 1.29 is 8.78 Å². The van der Waals surface area contributed by atoms with Crippen LogP contribution in [0.25, 0.3) is 0 Å². The van der Waals surface area contributed by atoms with Crippen LogP contribution in [0, 0.1) is 23.5 Å². The van der Waals surface area contributed by atoms with Gasteiger partial charge in [-0.1, -0.05) is 27.7 Å². The second kappa shape index (κ2) is 6.72. The molecule has 0 heterocycles. The van der Waals surface area contributed by atoms with E-state index < -0.39 is 11.6 Å². The van der Waals surface area contributed by atoms with E-state index >= 15 is 0 Å². The molecular weight excluding hydrogens is 232 g/mol. The van der Waals surface area contributed by atoms with Crippen LogP contribution in [-0.2, 0) is 0 Å². The molecule has 0 aliphatic heterocycles. The van der Waals surface area contributed by atoms with Crippen LogP contribution in [0.3, 0.4) is 0 Å². The third kappa shape index (κ3) is 5.03. The lowest BCUT2D eigenvalue weighted by atomic mass is 9.95. The SMILES string of the molecule is CC(C)CC(CC(C)C)Nc1ccc(F)c(F)c1. The first-order valence-electron chi connectivity index (χ1n) is 6.60. The molecule has 0 spiro atoms. The Hall–Kier alpha value is -1.12. The van der Waals surface area contributed by atoms with Gasteiger partial charge in [0.15, 0.2) is 11.6 Å². The lowest BCUT2D eigenvalue weighted by molar-refractivity contribution is 0.441. The molecule has 0 saturated heterocycles. The first kappa shape index (κ1) is 14.9. The smallest absolute Gasteiger partial charge is 0.160 e. The number of hydrogen-bond donors (Lipinski definition) is 1. The topological polar surface area (TPSA) is 12.0 Å². The van der Waals surface area contributed by atoms with E-state index in [4.69, 9.17) is 0 Å². The minimum atomic E-state index is -0.801. The Bertz CT molecular complexity index is 365. The Labute approximate surface area is 109 Å². The molecule has 0 aliphatic rings. The van der Waals surface area contributed by atoms with E-state index in [0.29, 0.717) is 23.6 Å². The van der Waals surface area contributed by atoms with Crippen LogP contribution in [-0.4, -0.2) is 6.04 Å². The van der Waals surface area contributed by atoms with Crippen LogP contribution in [0.15, 0.2) is 18.2 Å². The maximum atomic E-state index is 13.1. The standard InChI is InChI=1S/C15H23F2N/c1-10(2)7-13(8-11(3)4)18-12-5-6-14(16)15(17)9-12/h5-6,9-11,13,18H,7-8H2,1-4H3. The molecule has 3 heteroatoms. The summed E-state index contributed by atoms with van der Waals surface area (Å²) in [6.45, 7) is 8.67. The van der Waals surface area contributed by atoms with Crippen molar-refractivity contribution in [3.05, 3.63) is 29.8 Å². The summed E-state index contributed by atoms with van der Waals surface area (Å²) in [4.78, 5) is 0. The highest BCUT2D eigenvalue weighted by molar-refractivity contribution is 5.44. The van der Waals surface area contributed by atoms with Gasteiger partial charge in [-0.2, -0.15) is 0 Å². The maximum absolute atomic E-state index is 13.1. The van der Waals surface area contributed by atoms with Gasteiger partial charge in [-0.05, 0) is 36.8 Å². The van der Waals surface area contributed by atoms with Crippen molar-refractivity contribution in [3.8, 4) is 0 Å². The Morgan fingerprint density at radius 1 is 0.944 bits per heavy atom. The Morgan fingerprint density at radius 2 is 1.50 bits per heavy atom. The zero-order valence-corrected chi connectivity index (χ0v) is 11.6. The van der Waals surface area contributed by atoms with E-state index in [9.17, 15) is 8.78 Å². The summed E-state index contributed by atoms with van der Waals surface area (Å²) < 4.78 is 26.0. The minimum Gasteiger partial charge on any atom is -0.382 e. The van der Waals surface area contributed by atoms with Gasteiger partial charge in [-0.25, -0.2) is 8.78 Å². The van der Waals surface area contributed by atoms with Gasteiger partial charge in [-0.15, -0.1) is 0 Å². The van der Waals surface area contributed by atoms with Crippen LogP contribution < -0.4 is 5.32 Å². The lowest BCUT2D eigenvalue weighted by Crippen LogP contribution is -2.23. The van der Waals surface area contributed by atoms with Gasteiger partial charge in [0.2, 0.25) is 0 Å². The van der Waals surface area contributed by atoms with Crippen molar-refractivity contribution in [2.75, 3.05) is 5.32 Å². The molecule has 0 aromatic heterocycles. The summed E-state index contributed by atoms with van der Waals surface area (Å²) in [7, 11) is 0. The van der Waals surface area contributed by atoms with Gasteiger partial charge in [0.1, 0.15) is 0 Å². The molecular formula is C15H23F2N. The fourth-order valence-corrected chi connectivity index (χ4v) is 2.17. The highest BCUT2D eigenvalue weighted by Crippen LogP contribution is 2.20. The molecule has 1 aromatic carbocycles. The van der Waals surface area contributed by atoms with Crippen molar-refractivity contribution in [1.29, 1.82) is 0 Å². The Morgan fingerprint density at radius 3 is 1.94 bits per heavy atom. The molecule has 0 saturated carbocycles.